The van der Waals surface area contributed by atoms with E-state index in [1.807, 2.05) is 0 Å². The molecule has 0 saturated heterocycles. The molecular formula is C67H82O12. The van der Waals surface area contributed by atoms with Gasteiger partial charge in [-0.1, -0.05) is 159 Å². The molecule has 0 aromatic heterocycles. The Bertz CT molecular complexity index is 2760. The first-order chi connectivity index (χ1) is 38.6. The van der Waals surface area contributed by atoms with E-state index in [-0.39, 0.29) is 46.9 Å². The summed E-state index contributed by atoms with van der Waals surface area (Å²) in [6.07, 6.45) is 8.64. The van der Waals surface area contributed by atoms with Crippen molar-refractivity contribution in [3.05, 3.63) is 179 Å². The van der Waals surface area contributed by atoms with Crippen molar-refractivity contribution in [1.82, 2.24) is 0 Å². The van der Waals surface area contributed by atoms with Crippen molar-refractivity contribution < 1.29 is 56.8 Å². The standard InChI is InChI=1S/C67H82O12/c1-8-34-63(75-45-69-3)35-33-62(74-44-68-2)56-11-9-50(10-12-56)51-15-25-58(26-16-51)64(76-46-70-4)36-38-65(39-37-64,77-47-71-5)60-29-19-54(20-30-60)55-21-31-61(32-22-55)67(79-49-73-7)42-40-66(41-43-67,78-48-72-6)59-27-17-53(18-28-59)52-13-23-57(63)24-14-52/h9-32,62H,8,33-49H2,1-7H3. The van der Waals surface area contributed by atoms with E-state index in [0.717, 1.165) is 131 Å². The van der Waals surface area contributed by atoms with Gasteiger partial charge in [-0.15, -0.1) is 0 Å². The Morgan fingerprint density at radius 1 is 0.316 bits per heavy atom. The molecular weight excluding hydrogens is 997 g/mol. The minimum Gasteiger partial charge on any atom is -0.359 e. The van der Waals surface area contributed by atoms with Gasteiger partial charge in [0.05, 0.1) is 34.1 Å². The maximum absolute atomic E-state index is 6.76. The van der Waals surface area contributed by atoms with E-state index in [1.165, 1.54) is 0 Å². The quantitative estimate of drug-likeness (QED) is 0.0679. The fourth-order valence-corrected chi connectivity index (χ4v) is 12.7. The highest BCUT2D eigenvalue weighted by Crippen LogP contribution is 2.52. The monoisotopic (exact) mass is 1080 g/mol. The zero-order valence-corrected chi connectivity index (χ0v) is 47.6. The highest BCUT2D eigenvalue weighted by atomic mass is 16.7. The molecule has 18 aliphatic carbocycles. The summed E-state index contributed by atoms with van der Waals surface area (Å²) in [6, 6.07) is 52.9. The first kappa shape index (κ1) is 58.5. The van der Waals surface area contributed by atoms with Gasteiger partial charge in [0.1, 0.15) is 40.8 Å². The third-order valence-electron chi connectivity index (χ3n) is 17.2. The molecule has 6 aromatic carbocycles. The van der Waals surface area contributed by atoms with Crippen molar-refractivity contribution in [1.29, 1.82) is 0 Å². The van der Waals surface area contributed by atoms with Gasteiger partial charge in [0.15, 0.2) is 0 Å². The van der Waals surface area contributed by atoms with Gasteiger partial charge in [0, 0.05) is 42.7 Å². The Kier molecular flexibility index (Phi) is 20.0. The maximum Gasteiger partial charge on any atom is 0.147 e. The molecule has 18 aliphatic rings. The van der Waals surface area contributed by atoms with Crippen LogP contribution in [0.3, 0.4) is 0 Å². The van der Waals surface area contributed by atoms with Crippen molar-refractivity contribution in [2.75, 3.05) is 83.4 Å². The number of ether oxygens (including phenoxy) is 12. The second-order valence-corrected chi connectivity index (χ2v) is 21.6. The number of methoxy groups -OCH3 is 6. The molecule has 0 radical (unpaired) electrons. The summed E-state index contributed by atoms with van der Waals surface area (Å²) in [4.78, 5) is 0. The lowest BCUT2D eigenvalue weighted by Gasteiger charge is -2.46. The first-order valence-corrected chi connectivity index (χ1v) is 28.0. The molecule has 79 heavy (non-hydrogen) atoms. The lowest BCUT2D eigenvalue weighted by atomic mass is 9.70. The van der Waals surface area contributed by atoms with E-state index in [0.29, 0.717) is 12.8 Å². The average molecular weight is 1080 g/mol. The van der Waals surface area contributed by atoms with Crippen LogP contribution in [0.25, 0.3) is 33.4 Å². The molecule has 24 rings (SSSR count). The van der Waals surface area contributed by atoms with Crippen LogP contribution >= 0.6 is 0 Å². The van der Waals surface area contributed by atoms with Crippen molar-refractivity contribution >= 4 is 0 Å². The zero-order valence-electron chi connectivity index (χ0n) is 47.6. The Morgan fingerprint density at radius 3 is 0.861 bits per heavy atom. The molecule has 16 bridgehead atoms. The molecule has 0 amide bonds. The fraction of sp³-hybridized carbons (Fsp3) is 0.463. The topological polar surface area (TPSA) is 111 Å². The third-order valence-corrected chi connectivity index (χ3v) is 17.2. The average Bonchev–Trinajstić information content (AvgIpc) is 3.64. The van der Waals surface area contributed by atoms with Gasteiger partial charge in [0.2, 0.25) is 0 Å². The summed E-state index contributed by atoms with van der Waals surface area (Å²) in [7, 11) is 10.0. The molecule has 2 atom stereocenters. The minimum absolute atomic E-state index is 0.163. The summed E-state index contributed by atoms with van der Waals surface area (Å²) in [5.41, 5.74) is 10.4. The molecule has 0 heterocycles. The van der Waals surface area contributed by atoms with Gasteiger partial charge >= 0.3 is 0 Å². The number of hydrogen-bond acceptors (Lipinski definition) is 12. The predicted octanol–water partition coefficient (Wildman–Crippen LogP) is 14.6. The van der Waals surface area contributed by atoms with Gasteiger partial charge in [-0.05, 0) is 137 Å². The second kappa shape index (κ2) is 27.1. The lowest BCUT2D eigenvalue weighted by molar-refractivity contribution is -0.203. The Balaban J connectivity index is 1.09. The highest BCUT2D eigenvalue weighted by Gasteiger charge is 2.48. The van der Waals surface area contributed by atoms with Crippen LogP contribution in [0.15, 0.2) is 146 Å². The minimum atomic E-state index is -0.623. The smallest absolute Gasteiger partial charge is 0.147 e. The molecule has 0 N–H and O–H groups in total. The zero-order chi connectivity index (χ0) is 55.2. The number of benzene rings is 6. The summed E-state index contributed by atoms with van der Waals surface area (Å²) in [5.74, 6) is 0. The van der Waals surface area contributed by atoms with Crippen molar-refractivity contribution in [2.24, 2.45) is 0 Å². The Labute approximate surface area is 468 Å². The van der Waals surface area contributed by atoms with Crippen molar-refractivity contribution in [3.8, 4) is 33.4 Å². The summed E-state index contributed by atoms with van der Waals surface area (Å²) in [6.45, 7) is 3.24. The van der Waals surface area contributed by atoms with Crippen molar-refractivity contribution in [2.45, 2.75) is 118 Å². The van der Waals surface area contributed by atoms with Crippen LogP contribution in [0.4, 0.5) is 0 Å². The van der Waals surface area contributed by atoms with Crippen LogP contribution in [-0.2, 0) is 84.8 Å². The summed E-state index contributed by atoms with van der Waals surface area (Å²) < 4.78 is 73.4. The van der Waals surface area contributed by atoms with E-state index in [2.05, 4.69) is 153 Å². The van der Waals surface area contributed by atoms with E-state index >= 15 is 0 Å². The van der Waals surface area contributed by atoms with Crippen LogP contribution < -0.4 is 0 Å². The number of hydrogen-bond donors (Lipinski definition) is 0. The predicted molar refractivity (Wildman–Crippen MR) is 306 cm³/mol. The third kappa shape index (κ3) is 13.0. The molecule has 422 valence electrons. The summed E-state index contributed by atoms with van der Waals surface area (Å²) >= 11 is 0. The van der Waals surface area contributed by atoms with E-state index in [4.69, 9.17) is 56.8 Å². The van der Waals surface area contributed by atoms with Gasteiger partial charge in [-0.3, -0.25) is 0 Å². The van der Waals surface area contributed by atoms with E-state index in [1.54, 1.807) is 42.7 Å². The fourth-order valence-electron chi connectivity index (χ4n) is 12.7. The SMILES string of the molecule is CCCC1(OCOC)CCC(OCOC)c2ccc(cc2)-c2ccc(cc2)C2(OCOC)CCC(OCOC)(CC2)c2ccc(cc2)-c2ccc(cc2)C2(OCOC)CCC(OCOC)(CC2)c2ccc(cc2)-c2ccc1cc2. The molecule has 6 aromatic rings. The van der Waals surface area contributed by atoms with Gasteiger partial charge in [0.25, 0.3) is 0 Å². The Hall–Kier alpha value is -5.16. The summed E-state index contributed by atoms with van der Waals surface area (Å²) in [5, 5.41) is 0. The van der Waals surface area contributed by atoms with Crippen LogP contribution in [0.1, 0.15) is 123 Å². The van der Waals surface area contributed by atoms with Gasteiger partial charge in [-0.25, -0.2) is 0 Å². The van der Waals surface area contributed by atoms with Crippen LogP contribution in [0, 0.1) is 0 Å². The van der Waals surface area contributed by atoms with Gasteiger partial charge in [-0.2, -0.15) is 0 Å². The van der Waals surface area contributed by atoms with Crippen LogP contribution in [0.5, 0.6) is 0 Å². The normalized spacial score (nSPS) is 25.0. The molecule has 2 unspecified atom stereocenters. The first-order valence-electron chi connectivity index (χ1n) is 28.0. The van der Waals surface area contributed by atoms with E-state index in [9.17, 15) is 0 Å². The molecule has 0 aliphatic heterocycles. The molecule has 2 fully saturated rings. The van der Waals surface area contributed by atoms with Gasteiger partial charge < -0.3 is 56.8 Å². The Morgan fingerprint density at radius 2 is 0.582 bits per heavy atom. The van der Waals surface area contributed by atoms with Crippen molar-refractivity contribution in [3.63, 3.8) is 0 Å². The highest BCUT2D eigenvalue weighted by molar-refractivity contribution is 5.66. The molecule has 12 nitrogen and oxygen atoms in total. The molecule has 2 saturated carbocycles. The second-order valence-electron chi connectivity index (χ2n) is 21.6. The lowest BCUT2D eigenvalue weighted by Crippen LogP contribution is -2.43. The van der Waals surface area contributed by atoms with Crippen LogP contribution in [0.2, 0.25) is 0 Å². The largest absolute Gasteiger partial charge is 0.359 e. The molecule has 12 heteroatoms. The molecule has 0 spiro atoms. The van der Waals surface area contributed by atoms with E-state index < -0.39 is 28.0 Å². The van der Waals surface area contributed by atoms with Crippen LogP contribution in [-0.4, -0.2) is 83.4 Å². The maximum atomic E-state index is 6.76. The number of rotatable bonds is 20.